The smallest absolute Gasteiger partial charge is 0.416 e. The van der Waals surface area contributed by atoms with E-state index in [0.29, 0.717) is 11.3 Å². The van der Waals surface area contributed by atoms with Crippen LogP contribution in [0.3, 0.4) is 0 Å². The van der Waals surface area contributed by atoms with Crippen LogP contribution in [0.15, 0.2) is 46.9 Å². The quantitative estimate of drug-likeness (QED) is 0.692. The molecule has 0 unspecified atom stereocenters. The van der Waals surface area contributed by atoms with Crippen LogP contribution in [0.1, 0.15) is 16.2 Å². The van der Waals surface area contributed by atoms with Gasteiger partial charge in [-0.1, -0.05) is 17.7 Å². The number of ether oxygens (including phenoxy) is 1. The van der Waals surface area contributed by atoms with Gasteiger partial charge in [-0.15, -0.1) is 10.2 Å². The number of methoxy groups -OCH3 is 1. The highest BCUT2D eigenvalue weighted by Gasteiger charge is 2.31. The number of nitrogens with zero attached hydrogens (tertiary/aromatic N) is 2. The van der Waals surface area contributed by atoms with E-state index < -0.39 is 23.5 Å². The van der Waals surface area contributed by atoms with Gasteiger partial charge in [0.25, 0.3) is 0 Å². The summed E-state index contributed by atoms with van der Waals surface area (Å²) in [5.41, 5.74) is -0.666. The van der Waals surface area contributed by atoms with E-state index in [1.54, 1.807) is 24.3 Å². The summed E-state index contributed by atoms with van der Waals surface area (Å²) in [5.74, 6) is -0.721. The minimum atomic E-state index is -4.58. The molecule has 140 valence electrons. The van der Waals surface area contributed by atoms with Crippen molar-refractivity contribution in [1.82, 2.24) is 10.2 Å². The number of aromatic nitrogens is 2. The predicted octanol–water partition coefficient (Wildman–Crippen LogP) is 4.67. The maximum Gasteiger partial charge on any atom is 0.416 e. The highest BCUT2D eigenvalue weighted by atomic mass is 35.5. The molecule has 0 atom stereocenters. The van der Waals surface area contributed by atoms with Gasteiger partial charge in [-0.05, 0) is 36.4 Å². The zero-order valence-corrected chi connectivity index (χ0v) is 14.4. The third-order valence-corrected chi connectivity index (χ3v) is 3.81. The van der Waals surface area contributed by atoms with Crippen LogP contribution in [-0.2, 0) is 6.18 Å². The summed E-state index contributed by atoms with van der Waals surface area (Å²) in [6.07, 6.45) is -4.58. The van der Waals surface area contributed by atoms with Crippen molar-refractivity contribution in [2.75, 3.05) is 12.4 Å². The van der Waals surface area contributed by atoms with Crippen LogP contribution in [0, 0.1) is 0 Å². The Labute approximate surface area is 155 Å². The highest BCUT2D eigenvalue weighted by molar-refractivity contribution is 6.33. The lowest BCUT2D eigenvalue weighted by atomic mass is 10.2. The molecule has 27 heavy (non-hydrogen) atoms. The van der Waals surface area contributed by atoms with E-state index in [1.165, 1.54) is 7.11 Å². The molecule has 3 rings (SSSR count). The first-order valence-corrected chi connectivity index (χ1v) is 7.82. The topological polar surface area (TPSA) is 77.2 Å². The van der Waals surface area contributed by atoms with E-state index >= 15 is 0 Å². The van der Waals surface area contributed by atoms with Crippen LogP contribution < -0.4 is 10.1 Å². The maximum absolute atomic E-state index is 12.8. The van der Waals surface area contributed by atoms with Crippen LogP contribution in [0.2, 0.25) is 5.02 Å². The molecule has 0 aliphatic rings. The molecule has 3 aromatic rings. The summed E-state index contributed by atoms with van der Waals surface area (Å²) in [6.45, 7) is 0. The van der Waals surface area contributed by atoms with Crippen molar-refractivity contribution in [3.8, 4) is 17.2 Å². The van der Waals surface area contributed by atoms with Gasteiger partial charge >= 0.3 is 18.0 Å². The Morgan fingerprint density at radius 3 is 2.67 bits per heavy atom. The molecule has 0 saturated heterocycles. The lowest BCUT2D eigenvalue weighted by Crippen LogP contribution is -2.14. The van der Waals surface area contributed by atoms with E-state index in [-0.39, 0.29) is 16.6 Å². The molecule has 0 aliphatic heterocycles. The highest BCUT2D eigenvalue weighted by Crippen LogP contribution is 2.34. The first-order valence-electron chi connectivity index (χ1n) is 7.44. The van der Waals surface area contributed by atoms with Crippen LogP contribution in [0.25, 0.3) is 11.5 Å². The number of hydrogen-bond acceptors (Lipinski definition) is 5. The molecule has 0 fully saturated rings. The fraction of sp³-hybridized carbons (Fsp3) is 0.118. The van der Waals surface area contributed by atoms with Gasteiger partial charge in [-0.3, -0.25) is 4.79 Å². The van der Waals surface area contributed by atoms with Crippen molar-refractivity contribution in [1.29, 1.82) is 0 Å². The van der Waals surface area contributed by atoms with Crippen molar-refractivity contribution in [2.24, 2.45) is 0 Å². The standard InChI is InChI=1S/C17H11ClF3N3O3/c1-26-11-4-2-3-9(7-11)15-23-24-16(27-15)14(25)22-13-8-10(17(19,20)21)5-6-12(13)18/h2-8H,1H3,(H,22,25). The number of halogens is 4. The Bertz CT molecular complexity index is 989. The fourth-order valence-electron chi connectivity index (χ4n) is 2.16. The Balaban J connectivity index is 1.83. The molecule has 0 radical (unpaired) electrons. The van der Waals surface area contributed by atoms with Gasteiger partial charge in [0, 0.05) is 5.56 Å². The number of rotatable bonds is 4. The van der Waals surface area contributed by atoms with Gasteiger partial charge in [0.1, 0.15) is 5.75 Å². The molecule has 0 spiro atoms. The monoisotopic (exact) mass is 397 g/mol. The summed E-state index contributed by atoms with van der Waals surface area (Å²) < 4.78 is 48.8. The number of carbonyl (C=O) groups excluding carboxylic acids is 1. The summed E-state index contributed by atoms with van der Waals surface area (Å²) in [7, 11) is 1.49. The second-order valence-corrected chi connectivity index (χ2v) is 5.70. The van der Waals surface area contributed by atoms with E-state index in [4.69, 9.17) is 20.8 Å². The van der Waals surface area contributed by atoms with E-state index in [1.807, 2.05) is 0 Å². The molecule has 1 heterocycles. The molecule has 1 aromatic heterocycles. The number of nitrogens with one attached hydrogen (secondary N) is 1. The number of hydrogen-bond donors (Lipinski definition) is 1. The number of carbonyl (C=O) groups is 1. The number of amides is 1. The van der Waals surface area contributed by atoms with Crippen LogP contribution in [-0.4, -0.2) is 23.2 Å². The molecule has 6 nitrogen and oxygen atoms in total. The lowest BCUT2D eigenvalue weighted by molar-refractivity contribution is -0.137. The van der Waals surface area contributed by atoms with Crippen LogP contribution >= 0.6 is 11.6 Å². The van der Waals surface area contributed by atoms with Gasteiger partial charge in [-0.2, -0.15) is 13.2 Å². The average molecular weight is 398 g/mol. The van der Waals surface area contributed by atoms with Crippen molar-refractivity contribution in [3.05, 3.63) is 58.9 Å². The summed E-state index contributed by atoms with van der Waals surface area (Å²) in [5, 5.41) is 9.54. The number of anilines is 1. The first kappa shape index (κ1) is 18.7. The fourth-order valence-corrected chi connectivity index (χ4v) is 2.33. The van der Waals surface area contributed by atoms with E-state index in [0.717, 1.165) is 18.2 Å². The first-order chi connectivity index (χ1) is 12.8. The zero-order chi connectivity index (χ0) is 19.6. The summed E-state index contributed by atoms with van der Waals surface area (Å²) >= 11 is 5.85. The summed E-state index contributed by atoms with van der Waals surface area (Å²) in [4.78, 5) is 12.2. The third-order valence-electron chi connectivity index (χ3n) is 3.48. The number of alkyl halides is 3. The predicted molar refractivity (Wildman–Crippen MR) is 90.7 cm³/mol. The molecule has 2 aromatic carbocycles. The minimum Gasteiger partial charge on any atom is -0.497 e. The van der Waals surface area contributed by atoms with Gasteiger partial charge in [-0.25, -0.2) is 0 Å². The Morgan fingerprint density at radius 1 is 1.19 bits per heavy atom. The second kappa shape index (κ2) is 7.28. The largest absolute Gasteiger partial charge is 0.497 e. The molecule has 0 saturated carbocycles. The lowest BCUT2D eigenvalue weighted by Gasteiger charge is -2.10. The molecular weight excluding hydrogens is 387 g/mol. The molecule has 0 bridgehead atoms. The van der Waals surface area contributed by atoms with Gasteiger partial charge in [0.05, 0.1) is 23.4 Å². The van der Waals surface area contributed by atoms with Crippen molar-refractivity contribution >= 4 is 23.2 Å². The Morgan fingerprint density at radius 2 is 1.96 bits per heavy atom. The molecular formula is C17H11ClF3N3O3. The third kappa shape index (κ3) is 4.20. The summed E-state index contributed by atoms with van der Waals surface area (Å²) in [6, 6.07) is 9.27. The zero-order valence-electron chi connectivity index (χ0n) is 13.7. The SMILES string of the molecule is COc1cccc(-c2nnc(C(=O)Nc3cc(C(F)(F)F)ccc3Cl)o2)c1. The van der Waals surface area contributed by atoms with Crippen molar-refractivity contribution in [3.63, 3.8) is 0 Å². The van der Waals surface area contributed by atoms with Crippen molar-refractivity contribution in [2.45, 2.75) is 6.18 Å². The van der Waals surface area contributed by atoms with Gasteiger partial charge < -0.3 is 14.5 Å². The van der Waals surface area contributed by atoms with Gasteiger partial charge in [0.15, 0.2) is 0 Å². The molecule has 0 aliphatic carbocycles. The van der Waals surface area contributed by atoms with Gasteiger partial charge in [0.2, 0.25) is 5.89 Å². The molecule has 1 N–H and O–H groups in total. The maximum atomic E-state index is 12.8. The molecule has 10 heteroatoms. The van der Waals surface area contributed by atoms with E-state index in [2.05, 4.69) is 15.5 Å². The van der Waals surface area contributed by atoms with Crippen molar-refractivity contribution < 1.29 is 27.1 Å². The number of benzene rings is 2. The molecule has 1 amide bonds. The second-order valence-electron chi connectivity index (χ2n) is 5.29. The van der Waals surface area contributed by atoms with Crippen LogP contribution in [0.4, 0.5) is 18.9 Å². The van der Waals surface area contributed by atoms with Crippen LogP contribution in [0.5, 0.6) is 5.75 Å². The minimum absolute atomic E-state index is 0.0502. The van der Waals surface area contributed by atoms with E-state index in [9.17, 15) is 18.0 Å². The Hall–Kier alpha value is -3.07. The normalized spacial score (nSPS) is 11.3. The average Bonchev–Trinajstić information content (AvgIpc) is 3.13. The Kier molecular flexibility index (Phi) is 5.04.